The van der Waals surface area contributed by atoms with Gasteiger partial charge in [-0.1, -0.05) is 85.0 Å². The lowest BCUT2D eigenvalue weighted by atomic mass is 9.66. The summed E-state index contributed by atoms with van der Waals surface area (Å²) in [4.78, 5) is 0. The topological polar surface area (TPSA) is 0 Å². The Morgan fingerprint density at radius 3 is 2.65 bits per heavy atom. The summed E-state index contributed by atoms with van der Waals surface area (Å²) in [6.07, 6.45) is 11.6. The van der Waals surface area contributed by atoms with Gasteiger partial charge in [0.25, 0.3) is 0 Å². The quantitative estimate of drug-likeness (QED) is 0.551. The highest BCUT2D eigenvalue weighted by Gasteiger charge is 2.35. The second-order valence-corrected chi connectivity index (χ2v) is 6.69. The maximum absolute atomic E-state index is 2.42. The second-order valence-electron chi connectivity index (χ2n) is 6.69. The molecule has 0 spiro atoms. The fourth-order valence-electron chi connectivity index (χ4n) is 4.29. The van der Waals surface area contributed by atoms with Crippen LogP contribution in [0.15, 0.2) is 78.9 Å². The van der Waals surface area contributed by atoms with Crippen LogP contribution in [0.2, 0.25) is 0 Å². The summed E-state index contributed by atoms with van der Waals surface area (Å²) < 4.78 is 0. The van der Waals surface area contributed by atoms with Crippen LogP contribution in [0.5, 0.6) is 0 Å². The molecule has 1 unspecified atom stereocenters. The van der Waals surface area contributed by atoms with Crippen molar-refractivity contribution in [2.45, 2.75) is 18.3 Å². The highest BCUT2D eigenvalue weighted by molar-refractivity contribution is 5.98. The molecule has 2 aliphatic rings. The van der Waals surface area contributed by atoms with Crippen LogP contribution in [-0.2, 0) is 18.3 Å². The molecule has 2 aliphatic carbocycles. The van der Waals surface area contributed by atoms with Gasteiger partial charge in [-0.05, 0) is 45.9 Å². The van der Waals surface area contributed by atoms with Crippen LogP contribution in [0.3, 0.4) is 0 Å². The first-order valence-electron chi connectivity index (χ1n) is 8.32. The molecule has 0 N–H and O–H groups in total. The molecule has 23 heavy (non-hydrogen) atoms. The van der Waals surface area contributed by atoms with E-state index in [4.69, 9.17) is 0 Å². The standard InChI is InChI=1S/C23H18/c1-2-6-17(7-3-1)16-23-14-5-10-20-12-11-18-8-4-9-19(13-15-23)21(18)22(20)23/h1-9,11-15H,10,16H2. The number of rotatable bonds is 2. The van der Waals surface area contributed by atoms with E-state index in [1.807, 2.05) is 0 Å². The molecule has 0 radical (unpaired) electrons. The summed E-state index contributed by atoms with van der Waals surface area (Å²) in [6, 6.07) is 22.1. The third-order valence-corrected chi connectivity index (χ3v) is 5.28. The summed E-state index contributed by atoms with van der Waals surface area (Å²) in [5.74, 6) is 0. The number of allylic oxidation sites excluding steroid dienone is 3. The molecule has 0 heteroatoms. The van der Waals surface area contributed by atoms with Crippen molar-refractivity contribution < 1.29 is 0 Å². The lowest BCUT2D eigenvalue weighted by molar-refractivity contribution is 0.651. The Morgan fingerprint density at radius 2 is 1.74 bits per heavy atom. The minimum atomic E-state index is 0.00278. The average Bonchev–Trinajstić information content (AvgIpc) is 2.61. The Morgan fingerprint density at radius 1 is 0.826 bits per heavy atom. The molecule has 0 bridgehead atoms. The molecular weight excluding hydrogens is 276 g/mol. The lowest BCUT2D eigenvalue weighted by Crippen LogP contribution is -2.30. The first-order chi connectivity index (χ1) is 11.4. The van der Waals surface area contributed by atoms with Gasteiger partial charge < -0.3 is 0 Å². The molecule has 0 heterocycles. The molecule has 0 amide bonds. The smallest absolute Gasteiger partial charge is 0.0365 e. The molecule has 0 saturated heterocycles. The van der Waals surface area contributed by atoms with Crippen LogP contribution < -0.4 is 0 Å². The normalized spacial score (nSPS) is 20.9. The molecule has 0 fully saturated rings. The first-order valence-corrected chi connectivity index (χ1v) is 8.32. The van der Waals surface area contributed by atoms with Crippen LogP contribution in [-0.4, -0.2) is 0 Å². The zero-order chi connectivity index (χ0) is 15.3. The van der Waals surface area contributed by atoms with Crippen molar-refractivity contribution in [1.82, 2.24) is 0 Å². The minimum Gasteiger partial charge on any atom is -0.0829 e. The van der Waals surface area contributed by atoms with Gasteiger partial charge in [-0.15, -0.1) is 0 Å². The molecule has 0 saturated carbocycles. The molecule has 0 aliphatic heterocycles. The summed E-state index contributed by atoms with van der Waals surface area (Å²) in [6.45, 7) is 0. The van der Waals surface area contributed by atoms with Crippen LogP contribution in [0.4, 0.5) is 0 Å². The third-order valence-electron chi connectivity index (χ3n) is 5.28. The zero-order valence-corrected chi connectivity index (χ0v) is 13.0. The Bertz CT molecular complexity index is 960. The van der Waals surface area contributed by atoms with E-state index in [-0.39, 0.29) is 5.41 Å². The third kappa shape index (κ3) is 1.85. The van der Waals surface area contributed by atoms with Gasteiger partial charge in [0.15, 0.2) is 0 Å². The number of hydrogen-bond acceptors (Lipinski definition) is 0. The first kappa shape index (κ1) is 12.9. The van der Waals surface area contributed by atoms with Gasteiger partial charge in [0.2, 0.25) is 0 Å². The number of benzene rings is 3. The van der Waals surface area contributed by atoms with E-state index in [1.54, 1.807) is 0 Å². The Balaban J connectivity index is 1.80. The SMILES string of the molecule is C1=CC2(Cc3ccccc3)C=Cc3cccc4ccc(c2c34)C1. The van der Waals surface area contributed by atoms with Gasteiger partial charge >= 0.3 is 0 Å². The van der Waals surface area contributed by atoms with E-state index in [2.05, 4.69) is 85.0 Å². The molecule has 110 valence electrons. The van der Waals surface area contributed by atoms with Crippen molar-refractivity contribution in [3.63, 3.8) is 0 Å². The molecule has 5 rings (SSSR count). The van der Waals surface area contributed by atoms with Crippen LogP contribution in [0.1, 0.15) is 22.3 Å². The molecule has 0 nitrogen and oxygen atoms in total. The lowest BCUT2D eigenvalue weighted by Gasteiger charge is -2.37. The van der Waals surface area contributed by atoms with Gasteiger partial charge in [-0.25, -0.2) is 0 Å². The van der Waals surface area contributed by atoms with Crippen LogP contribution in [0, 0.1) is 0 Å². The summed E-state index contributed by atoms with van der Waals surface area (Å²) in [5, 5.41) is 2.81. The molecule has 1 atom stereocenters. The Hall–Kier alpha value is -2.60. The van der Waals surface area contributed by atoms with E-state index >= 15 is 0 Å². The Labute approximate surface area is 136 Å². The van der Waals surface area contributed by atoms with E-state index in [1.165, 1.54) is 33.0 Å². The molecular formula is C23H18. The van der Waals surface area contributed by atoms with Crippen molar-refractivity contribution in [3.8, 4) is 0 Å². The number of hydrogen-bond donors (Lipinski definition) is 0. The predicted octanol–water partition coefficient (Wildman–Crippen LogP) is 5.46. The maximum atomic E-state index is 2.42. The van der Waals surface area contributed by atoms with Crippen molar-refractivity contribution in [3.05, 3.63) is 101 Å². The summed E-state index contributed by atoms with van der Waals surface area (Å²) >= 11 is 0. The van der Waals surface area contributed by atoms with E-state index < -0.39 is 0 Å². The zero-order valence-electron chi connectivity index (χ0n) is 13.0. The van der Waals surface area contributed by atoms with E-state index in [9.17, 15) is 0 Å². The molecule has 0 aromatic heterocycles. The Kier molecular flexibility index (Phi) is 2.63. The van der Waals surface area contributed by atoms with Gasteiger partial charge in [0.1, 0.15) is 0 Å². The highest BCUT2D eigenvalue weighted by Crippen LogP contribution is 2.45. The fourth-order valence-corrected chi connectivity index (χ4v) is 4.29. The monoisotopic (exact) mass is 294 g/mol. The average molecular weight is 294 g/mol. The largest absolute Gasteiger partial charge is 0.0829 e. The van der Waals surface area contributed by atoms with E-state index in [0.29, 0.717) is 0 Å². The molecule has 3 aromatic rings. The fraction of sp³-hybridized carbons (Fsp3) is 0.130. The van der Waals surface area contributed by atoms with Gasteiger partial charge in [0, 0.05) is 5.41 Å². The predicted molar refractivity (Wildman–Crippen MR) is 97.7 cm³/mol. The van der Waals surface area contributed by atoms with Crippen molar-refractivity contribution in [2.75, 3.05) is 0 Å². The summed E-state index contributed by atoms with van der Waals surface area (Å²) in [7, 11) is 0. The maximum Gasteiger partial charge on any atom is 0.0365 e. The van der Waals surface area contributed by atoms with Gasteiger partial charge in [0.05, 0.1) is 0 Å². The van der Waals surface area contributed by atoms with Gasteiger partial charge in [-0.2, -0.15) is 0 Å². The van der Waals surface area contributed by atoms with Crippen molar-refractivity contribution in [1.29, 1.82) is 0 Å². The summed E-state index contributed by atoms with van der Waals surface area (Å²) in [5.41, 5.74) is 5.76. The van der Waals surface area contributed by atoms with Crippen LogP contribution in [0.25, 0.3) is 16.8 Å². The molecule has 3 aromatic carbocycles. The minimum absolute atomic E-state index is 0.00278. The van der Waals surface area contributed by atoms with Crippen LogP contribution >= 0.6 is 0 Å². The highest BCUT2D eigenvalue weighted by atomic mass is 14.4. The van der Waals surface area contributed by atoms with Gasteiger partial charge in [-0.3, -0.25) is 0 Å². The second kappa shape index (κ2) is 4.70. The van der Waals surface area contributed by atoms with Crippen molar-refractivity contribution >= 4 is 16.8 Å². The van der Waals surface area contributed by atoms with Crippen molar-refractivity contribution in [2.24, 2.45) is 0 Å². The van der Waals surface area contributed by atoms with E-state index in [0.717, 1.165) is 12.8 Å².